The predicted molar refractivity (Wildman–Crippen MR) is 97.0 cm³/mol. The summed E-state index contributed by atoms with van der Waals surface area (Å²) in [6, 6.07) is 7.80. The van der Waals surface area contributed by atoms with Crippen molar-refractivity contribution in [1.82, 2.24) is 9.55 Å². The number of nitriles is 1. The van der Waals surface area contributed by atoms with Gasteiger partial charge in [0.25, 0.3) is 0 Å². The molecule has 114 valence electrons. The molecule has 1 aromatic carbocycles. The molecule has 0 N–H and O–H groups in total. The summed E-state index contributed by atoms with van der Waals surface area (Å²) in [6.45, 7) is 0. The zero-order valence-corrected chi connectivity index (χ0v) is 13.8. The molecule has 0 amide bonds. The number of hydrogen-bond donors (Lipinski definition) is 0. The van der Waals surface area contributed by atoms with Crippen LogP contribution < -0.4 is 0 Å². The molecule has 7 heteroatoms. The van der Waals surface area contributed by atoms with Gasteiger partial charge in [-0.15, -0.1) is 23.5 Å². The van der Waals surface area contributed by atoms with Crippen LogP contribution in [0.25, 0.3) is 5.70 Å². The lowest BCUT2D eigenvalue weighted by atomic mass is 10.2. The summed E-state index contributed by atoms with van der Waals surface area (Å²) in [5.41, 5.74) is 1.66. The van der Waals surface area contributed by atoms with Gasteiger partial charge in [0, 0.05) is 33.4 Å². The predicted octanol–water partition coefficient (Wildman–Crippen LogP) is 5.70. The van der Waals surface area contributed by atoms with Gasteiger partial charge in [-0.25, -0.2) is 4.98 Å². The molecule has 0 unspecified atom stereocenters. The Labute approximate surface area is 148 Å². The lowest BCUT2D eigenvalue weighted by molar-refractivity contribution is 1.10. The van der Waals surface area contributed by atoms with Gasteiger partial charge in [-0.05, 0) is 17.7 Å². The molecule has 3 nitrogen and oxygen atoms in total. The molecule has 1 atom stereocenters. The molecule has 2 heterocycles. The fraction of sp³-hybridized carbons (Fsp3) is 0.200. The van der Waals surface area contributed by atoms with Crippen LogP contribution in [0, 0.1) is 11.3 Å². The first kappa shape index (κ1) is 17.3. The molecule has 0 bridgehead atoms. The van der Waals surface area contributed by atoms with Gasteiger partial charge in [0.05, 0.1) is 10.6 Å². The van der Waals surface area contributed by atoms with Gasteiger partial charge >= 0.3 is 0 Å². The molecule has 0 saturated carbocycles. The van der Waals surface area contributed by atoms with Crippen molar-refractivity contribution in [3.05, 3.63) is 56.8 Å². The number of benzene rings is 1. The molecule has 0 radical (unpaired) electrons. The molecule has 2 aromatic rings. The van der Waals surface area contributed by atoms with Gasteiger partial charge in [0.1, 0.15) is 11.8 Å². The summed E-state index contributed by atoms with van der Waals surface area (Å²) >= 11 is 15.5. The minimum atomic E-state index is 0. The monoisotopic (exact) mass is 369 g/mol. The minimum Gasteiger partial charge on any atom is -0.296 e. The first-order valence-electron chi connectivity index (χ1n) is 6.06. The van der Waals surface area contributed by atoms with Crippen molar-refractivity contribution in [2.45, 2.75) is 12.7 Å². The second-order valence-corrected chi connectivity index (χ2v) is 7.65. The molecule has 22 heavy (non-hydrogen) atoms. The van der Waals surface area contributed by atoms with E-state index in [1.807, 2.05) is 12.1 Å². The van der Waals surface area contributed by atoms with E-state index in [4.69, 9.17) is 23.2 Å². The van der Waals surface area contributed by atoms with E-state index in [9.17, 15) is 5.26 Å². The fourth-order valence-corrected chi connectivity index (χ4v) is 5.52. The highest BCUT2D eigenvalue weighted by Gasteiger charge is 2.27. The van der Waals surface area contributed by atoms with Crippen LogP contribution in [-0.4, -0.2) is 15.3 Å². The molecule has 1 saturated heterocycles. The Morgan fingerprint density at radius 1 is 1.41 bits per heavy atom. The maximum Gasteiger partial charge on any atom is 0.145 e. The Morgan fingerprint density at radius 3 is 2.86 bits per heavy atom. The zero-order valence-electron chi connectivity index (χ0n) is 10.7. The maximum atomic E-state index is 9.38. The van der Waals surface area contributed by atoms with Crippen LogP contribution in [0.5, 0.6) is 0 Å². The zero-order chi connectivity index (χ0) is 14.8. The lowest BCUT2D eigenvalue weighted by Crippen LogP contribution is -1.93. The quantitative estimate of drug-likeness (QED) is 0.636. The smallest absolute Gasteiger partial charge is 0.145 e. The Bertz CT molecular complexity index is 736. The number of rotatable bonds is 2. The Morgan fingerprint density at radius 2 is 2.23 bits per heavy atom. The Hall–Kier alpha value is -1.06. The fourth-order valence-electron chi connectivity index (χ4n) is 1.99. The lowest BCUT2D eigenvalue weighted by Gasteiger charge is -2.10. The van der Waals surface area contributed by atoms with E-state index < -0.39 is 0 Å². The van der Waals surface area contributed by atoms with Crippen molar-refractivity contribution >= 4 is 52.4 Å². The van der Waals surface area contributed by atoms with Crippen molar-refractivity contribution < 1.29 is 0 Å². The topological polar surface area (TPSA) is 41.6 Å². The summed E-state index contributed by atoms with van der Waals surface area (Å²) in [7, 11) is 0. The van der Waals surface area contributed by atoms with E-state index in [-0.39, 0.29) is 12.7 Å². The second kappa shape index (κ2) is 7.47. The Kier molecular flexibility index (Phi) is 5.87. The maximum absolute atomic E-state index is 9.38. The summed E-state index contributed by atoms with van der Waals surface area (Å²) in [4.78, 5) is 3.99. The number of halogens is 2. The molecule has 1 fully saturated rings. The van der Waals surface area contributed by atoms with Crippen molar-refractivity contribution in [2.24, 2.45) is 0 Å². The third kappa shape index (κ3) is 3.47. The molecule has 0 spiro atoms. The van der Waals surface area contributed by atoms with Crippen molar-refractivity contribution in [1.29, 1.82) is 5.26 Å². The highest BCUT2D eigenvalue weighted by molar-refractivity contribution is 8.25. The molecular weight excluding hydrogens is 357 g/mol. The summed E-state index contributed by atoms with van der Waals surface area (Å²) < 4.78 is 2.73. The molecular formula is C15H13Cl2N3S2. The molecule has 1 aliphatic heterocycles. The highest BCUT2D eigenvalue weighted by atomic mass is 35.5. The molecule has 1 aliphatic rings. The van der Waals surface area contributed by atoms with Gasteiger partial charge in [-0.1, -0.05) is 36.7 Å². The van der Waals surface area contributed by atoms with Crippen LogP contribution in [0.4, 0.5) is 0 Å². The van der Waals surface area contributed by atoms with Crippen LogP contribution in [0.2, 0.25) is 10.0 Å². The van der Waals surface area contributed by atoms with Gasteiger partial charge in [-0.3, -0.25) is 4.57 Å². The van der Waals surface area contributed by atoms with Crippen LogP contribution in [0.1, 0.15) is 18.2 Å². The number of hydrogen-bond acceptors (Lipinski definition) is 4. The van der Waals surface area contributed by atoms with E-state index >= 15 is 0 Å². The van der Waals surface area contributed by atoms with E-state index in [0.717, 1.165) is 15.6 Å². The SMILES string of the molecule is C.N#C/C(=C1/SC[C@@H](c2ccc(Cl)cc2Cl)S1)n1ccnc1. The van der Waals surface area contributed by atoms with Gasteiger partial charge in [0.15, 0.2) is 0 Å². The van der Waals surface area contributed by atoms with E-state index in [1.54, 1.807) is 52.9 Å². The number of thioether (sulfide) groups is 2. The van der Waals surface area contributed by atoms with Crippen molar-refractivity contribution in [3.63, 3.8) is 0 Å². The van der Waals surface area contributed by atoms with Crippen LogP contribution in [0.15, 0.2) is 41.2 Å². The van der Waals surface area contributed by atoms with Crippen LogP contribution in [-0.2, 0) is 0 Å². The number of imidazole rings is 1. The summed E-state index contributed by atoms with van der Waals surface area (Å²) in [6.07, 6.45) is 5.07. The number of allylic oxidation sites excluding steroid dienone is 1. The largest absolute Gasteiger partial charge is 0.296 e. The van der Waals surface area contributed by atoms with Crippen LogP contribution >= 0.6 is 46.7 Å². The third-order valence-corrected chi connectivity index (χ3v) is 6.47. The van der Waals surface area contributed by atoms with Gasteiger partial charge < -0.3 is 0 Å². The summed E-state index contributed by atoms with van der Waals surface area (Å²) in [5.74, 6) is 0.876. The summed E-state index contributed by atoms with van der Waals surface area (Å²) in [5, 5.41) is 10.9. The molecule has 0 aliphatic carbocycles. The average molecular weight is 370 g/mol. The standard InChI is InChI=1S/C14H9Cl2N3S2.CH4/c15-9-1-2-10(11(16)5-9)13-7-20-14(21-13)12(6-17)19-4-3-18-8-19;/h1-5,8,13H,7H2;1H4/b14-12+;/t13-;/m0./s1. The first-order valence-corrected chi connectivity index (χ1v) is 8.68. The molecule has 3 rings (SSSR count). The highest BCUT2D eigenvalue weighted by Crippen LogP contribution is 2.53. The number of aromatic nitrogens is 2. The number of nitrogens with zero attached hydrogens (tertiary/aromatic N) is 3. The third-order valence-electron chi connectivity index (χ3n) is 2.99. The van der Waals surface area contributed by atoms with Crippen molar-refractivity contribution in [3.8, 4) is 6.07 Å². The van der Waals surface area contributed by atoms with E-state index in [1.165, 1.54) is 0 Å². The Balaban J connectivity index is 0.00000176. The van der Waals surface area contributed by atoms with Crippen LogP contribution in [0.3, 0.4) is 0 Å². The average Bonchev–Trinajstić information content (AvgIpc) is 3.12. The van der Waals surface area contributed by atoms with E-state index in [2.05, 4.69) is 11.1 Å². The van der Waals surface area contributed by atoms with Gasteiger partial charge in [0.2, 0.25) is 0 Å². The van der Waals surface area contributed by atoms with Gasteiger partial charge in [-0.2, -0.15) is 5.26 Å². The van der Waals surface area contributed by atoms with E-state index in [0.29, 0.717) is 15.7 Å². The second-order valence-electron chi connectivity index (χ2n) is 4.30. The molecule has 1 aromatic heterocycles. The van der Waals surface area contributed by atoms with Crippen molar-refractivity contribution in [2.75, 3.05) is 5.75 Å². The minimum absolute atomic E-state index is 0. The first-order chi connectivity index (χ1) is 10.2. The normalized spacial score (nSPS) is 19.4.